The second kappa shape index (κ2) is 6.62. The van der Waals surface area contributed by atoms with Gasteiger partial charge in [0.25, 0.3) is 5.91 Å². The SMILES string of the molecule is O=C(c1ccc(C2(O)COC2)cc1)N1CCC(c2ccccc2)CC1. The van der Waals surface area contributed by atoms with Crippen LogP contribution in [0.5, 0.6) is 0 Å². The predicted molar refractivity (Wildman–Crippen MR) is 95.5 cm³/mol. The summed E-state index contributed by atoms with van der Waals surface area (Å²) in [4.78, 5) is 14.7. The number of hydrogen-bond acceptors (Lipinski definition) is 3. The van der Waals surface area contributed by atoms with Gasteiger partial charge in [-0.3, -0.25) is 4.79 Å². The van der Waals surface area contributed by atoms with Crippen molar-refractivity contribution in [1.29, 1.82) is 0 Å². The molecule has 0 aliphatic carbocycles. The Hall–Kier alpha value is -2.17. The van der Waals surface area contributed by atoms with E-state index in [1.165, 1.54) is 5.56 Å². The zero-order valence-electron chi connectivity index (χ0n) is 14.2. The van der Waals surface area contributed by atoms with Gasteiger partial charge in [-0.1, -0.05) is 42.5 Å². The Balaban J connectivity index is 1.39. The molecule has 2 aliphatic rings. The first-order valence-electron chi connectivity index (χ1n) is 8.91. The molecule has 2 heterocycles. The maximum atomic E-state index is 12.7. The van der Waals surface area contributed by atoms with Crippen LogP contribution in [0.25, 0.3) is 0 Å². The van der Waals surface area contributed by atoms with Crippen molar-refractivity contribution >= 4 is 5.91 Å². The van der Waals surface area contributed by atoms with Crippen LogP contribution in [0.3, 0.4) is 0 Å². The van der Waals surface area contributed by atoms with E-state index in [9.17, 15) is 9.90 Å². The van der Waals surface area contributed by atoms with Crippen molar-refractivity contribution in [3.8, 4) is 0 Å². The van der Waals surface area contributed by atoms with E-state index < -0.39 is 5.60 Å². The summed E-state index contributed by atoms with van der Waals surface area (Å²) < 4.78 is 5.09. The minimum absolute atomic E-state index is 0.0786. The van der Waals surface area contributed by atoms with Crippen molar-refractivity contribution in [2.75, 3.05) is 26.3 Å². The number of aliphatic hydroxyl groups is 1. The molecule has 4 heteroatoms. The minimum Gasteiger partial charge on any atom is -0.380 e. The molecule has 2 fully saturated rings. The lowest BCUT2D eigenvalue weighted by molar-refractivity contribution is -0.184. The van der Waals surface area contributed by atoms with Gasteiger partial charge < -0.3 is 14.7 Å². The molecule has 130 valence electrons. The molecular formula is C21H23NO3. The molecule has 0 bridgehead atoms. The summed E-state index contributed by atoms with van der Waals surface area (Å²) in [5.74, 6) is 0.621. The summed E-state index contributed by atoms with van der Waals surface area (Å²) in [6.45, 7) is 2.23. The molecule has 2 aromatic rings. The van der Waals surface area contributed by atoms with E-state index in [2.05, 4.69) is 24.3 Å². The van der Waals surface area contributed by atoms with Crippen molar-refractivity contribution < 1.29 is 14.6 Å². The van der Waals surface area contributed by atoms with Crippen LogP contribution in [0.4, 0.5) is 0 Å². The van der Waals surface area contributed by atoms with Gasteiger partial charge in [-0.15, -0.1) is 0 Å². The Kier molecular flexibility index (Phi) is 4.32. The maximum absolute atomic E-state index is 12.7. The number of piperidine rings is 1. The average molecular weight is 337 g/mol. The lowest BCUT2D eigenvalue weighted by Gasteiger charge is -2.37. The Morgan fingerprint density at radius 2 is 1.64 bits per heavy atom. The Bertz CT molecular complexity index is 729. The minimum atomic E-state index is -0.879. The number of ether oxygens (including phenoxy) is 1. The number of benzene rings is 2. The predicted octanol–water partition coefficient (Wildman–Crippen LogP) is 2.92. The fourth-order valence-corrected chi connectivity index (χ4v) is 3.71. The van der Waals surface area contributed by atoms with Gasteiger partial charge in [0.1, 0.15) is 5.60 Å². The molecule has 0 spiro atoms. The first-order chi connectivity index (χ1) is 12.2. The number of carbonyl (C=O) groups excluding carboxylic acids is 1. The van der Waals surface area contributed by atoms with E-state index in [4.69, 9.17) is 4.74 Å². The van der Waals surface area contributed by atoms with Gasteiger partial charge in [-0.05, 0) is 42.0 Å². The third-order valence-electron chi connectivity index (χ3n) is 5.40. The number of amides is 1. The molecular weight excluding hydrogens is 314 g/mol. The van der Waals surface area contributed by atoms with E-state index >= 15 is 0 Å². The molecule has 0 saturated carbocycles. The van der Waals surface area contributed by atoms with Gasteiger partial charge in [-0.25, -0.2) is 0 Å². The van der Waals surface area contributed by atoms with Gasteiger partial charge in [-0.2, -0.15) is 0 Å². The molecule has 4 rings (SSSR count). The monoisotopic (exact) mass is 337 g/mol. The van der Waals surface area contributed by atoms with Crippen LogP contribution in [-0.2, 0) is 10.3 Å². The fourth-order valence-electron chi connectivity index (χ4n) is 3.71. The van der Waals surface area contributed by atoms with Crippen LogP contribution in [0.1, 0.15) is 40.2 Å². The van der Waals surface area contributed by atoms with Crippen LogP contribution >= 0.6 is 0 Å². The van der Waals surface area contributed by atoms with E-state index in [1.807, 2.05) is 35.2 Å². The molecule has 2 aliphatic heterocycles. The molecule has 1 amide bonds. The van der Waals surface area contributed by atoms with Gasteiger partial charge in [0.05, 0.1) is 13.2 Å². The number of nitrogens with zero attached hydrogens (tertiary/aromatic N) is 1. The second-order valence-electron chi connectivity index (χ2n) is 7.08. The molecule has 1 N–H and O–H groups in total. The largest absolute Gasteiger partial charge is 0.380 e. The van der Waals surface area contributed by atoms with Crippen molar-refractivity contribution in [3.63, 3.8) is 0 Å². The summed E-state index contributed by atoms with van der Waals surface area (Å²) in [5.41, 5.74) is 1.99. The van der Waals surface area contributed by atoms with Gasteiger partial charge in [0, 0.05) is 18.7 Å². The standard InChI is InChI=1S/C21H23NO3/c23-20(18-6-8-19(9-7-18)21(24)14-25-15-21)22-12-10-17(11-13-22)16-4-2-1-3-5-16/h1-9,17,24H,10-15H2. The van der Waals surface area contributed by atoms with Gasteiger partial charge >= 0.3 is 0 Å². The molecule has 0 atom stereocenters. The van der Waals surface area contributed by atoms with Crippen LogP contribution < -0.4 is 0 Å². The van der Waals surface area contributed by atoms with Crippen LogP contribution in [0, 0.1) is 0 Å². The van der Waals surface area contributed by atoms with Crippen molar-refractivity contribution in [1.82, 2.24) is 4.90 Å². The number of hydrogen-bond donors (Lipinski definition) is 1. The van der Waals surface area contributed by atoms with Crippen LogP contribution in [0.15, 0.2) is 54.6 Å². The number of likely N-dealkylation sites (tertiary alicyclic amines) is 1. The first-order valence-corrected chi connectivity index (χ1v) is 8.91. The van der Waals surface area contributed by atoms with Crippen LogP contribution in [0.2, 0.25) is 0 Å². The van der Waals surface area contributed by atoms with Crippen molar-refractivity contribution in [2.45, 2.75) is 24.4 Å². The lowest BCUT2D eigenvalue weighted by Crippen LogP contribution is -2.46. The average Bonchev–Trinajstić information content (AvgIpc) is 2.66. The zero-order chi connectivity index (χ0) is 17.3. The fraction of sp³-hybridized carbons (Fsp3) is 0.381. The smallest absolute Gasteiger partial charge is 0.253 e. The Morgan fingerprint density at radius 3 is 2.20 bits per heavy atom. The van der Waals surface area contributed by atoms with E-state index in [0.717, 1.165) is 31.5 Å². The molecule has 2 saturated heterocycles. The summed E-state index contributed by atoms with van der Waals surface area (Å²) >= 11 is 0. The number of rotatable bonds is 3. The number of carbonyl (C=O) groups is 1. The van der Waals surface area contributed by atoms with E-state index in [-0.39, 0.29) is 5.91 Å². The third kappa shape index (κ3) is 3.20. The second-order valence-corrected chi connectivity index (χ2v) is 7.08. The highest BCUT2D eigenvalue weighted by Crippen LogP contribution is 2.30. The zero-order valence-corrected chi connectivity index (χ0v) is 14.2. The van der Waals surface area contributed by atoms with Gasteiger partial charge in [0.15, 0.2) is 0 Å². The lowest BCUT2D eigenvalue weighted by atomic mass is 9.89. The highest BCUT2D eigenvalue weighted by Gasteiger charge is 2.38. The molecule has 4 nitrogen and oxygen atoms in total. The molecule has 25 heavy (non-hydrogen) atoms. The third-order valence-corrected chi connectivity index (χ3v) is 5.40. The van der Waals surface area contributed by atoms with Crippen molar-refractivity contribution in [3.05, 3.63) is 71.3 Å². The highest BCUT2D eigenvalue weighted by molar-refractivity contribution is 5.94. The quantitative estimate of drug-likeness (QED) is 0.937. The van der Waals surface area contributed by atoms with E-state index in [1.54, 1.807) is 0 Å². The molecule has 0 unspecified atom stereocenters. The van der Waals surface area contributed by atoms with E-state index in [0.29, 0.717) is 24.7 Å². The summed E-state index contributed by atoms with van der Waals surface area (Å²) in [6, 6.07) is 17.9. The first kappa shape index (κ1) is 16.3. The Labute approximate surface area is 148 Å². The maximum Gasteiger partial charge on any atom is 0.253 e. The normalized spacial score (nSPS) is 20.1. The van der Waals surface area contributed by atoms with Crippen LogP contribution in [-0.4, -0.2) is 42.2 Å². The molecule has 2 aromatic carbocycles. The summed E-state index contributed by atoms with van der Waals surface area (Å²) in [6.07, 6.45) is 2.01. The summed E-state index contributed by atoms with van der Waals surface area (Å²) in [7, 11) is 0. The topological polar surface area (TPSA) is 49.8 Å². The highest BCUT2D eigenvalue weighted by atomic mass is 16.5. The molecule has 0 aromatic heterocycles. The molecule has 0 radical (unpaired) electrons. The Morgan fingerprint density at radius 1 is 1.00 bits per heavy atom. The van der Waals surface area contributed by atoms with Crippen molar-refractivity contribution in [2.24, 2.45) is 0 Å². The van der Waals surface area contributed by atoms with Gasteiger partial charge in [0.2, 0.25) is 0 Å². The summed E-state index contributed by atoms with van der Waals surface area (Å²) in [5, 5.41) is 10.3.